The van der Waals surface area contributed by atoms with Crippen LogP contribution in [0.15, 0.2) is 93.9 Å². The Morgan fingerprint density at radius 3 is 2.31 bits per heavy atom. The van der Waals surface area contributed by atoms with Crippen LogP contribution in [0.1, 0.15) is 15.9 Å². The van der Waals surface area contributed by atoms with E-state index in [1.54, 1.807) is 36.4 Å². The van der Waals surface area contributed by atoms with E-state index in [1.807, 2.05) is 0 Å². The number of anilines is 1. The first-order valence-electron chi connectivity index (χ1n) is 9.26. The van der Waals surface area contributed by atoms with Crippen LogP contribution in [0, 0.1) is 10.1 Å². The van der Waals surface area contributed by atoms with Gasteiger partial charge in [-0.25, -0.2) is 0 Å². The van der Waals surface area contributed by atoms with Gasteiger partial charge >= 0.3 is 0 Å². The van der Waals surface area contributed by atoms with Crippen molar-refractivity contribution in [3.8, 4) is 5.75 Å². The molecule has 0 heterocycles. The molecule has 1 aliphatic carbocycles. The molecule has 3 aromatic carbocycles. The molecule has 10 heteroatoms. The maximum atomic E-state index is 12.9. The Balaban J connectivity index is 1.81. The van der Waals surface area contributed by atoms with Crippen molar-refractivity contribution >= 4 is 32.9 Å². The lowest BCUT2D eigenvalue weighted by atomic mass is 9.92. The standard InChI is InChI=1S/C22H15N3O6S/c26-16-10-8-14(9-11-16)23-21-13-20(18-6-1-2-7-19(18)22(21)27)24-32(30,31)17-5-3-4-15(12-17)25(28)29/h1-13,23,26H/b24-20-. The third-order valence-electron chi connectivity index (χ3n) is 4.66. The van der Waals surface area contributed by atoms with E-state index in [4.69, 9.17) is 0 Å². The number of ketones is 1. The summed E-state index contributed by atoms with van der Waals surface area (Å²) < 4.78 is 29.7. The SMILES string of the molecule is O=C1C(Nc2ccc(O)cc2)=C/C(=N/S(=O)(=O)c2cccc([N+](=O)[O-])c2)c2ccccc21. The number of nitro groups is 1. The second kappa shape index (κ2) is 8.08. The van der Waals surface area contributed by atoms with Gasteiger partial charge in [0, 0.05) is 28.9 Å². The fourth-order valence-electron chi connectivity index (χ4n) is 3.14. The number of Topliss-reactive ketones (excluding diaryl/α,β-unsaturated/α-hetero) is 1. The average Bonchev–Trinajstić information content (AvgIpc) is 2.78. The Hall–Kier alpha value is -4.31. The van der Waals surface area contributed by atoms with Crippen LogP contribution in [0.5, 0.6) is 5.75 Å². The van der Waals surface area contributed by atoms with Crippen molar-refractivity contribution in [3.63, 3.8) is 0 Å². The van der Waals surface area contributed by atoms with Gasteiger partial charge in [0.15, 0.2) is 0 Å². The van der Waals surface area contributed by atoms with E-state index in [9.17, 15) is 28.4 Å². The number of sulfonamides is 1. The maximum absolute atomic E-state index is 12.9. The van der Waals surface area contributed by atoms with Crippen molar-refractivity contribution in [2.24, 2.45) is 4.40 Å². The second-order valence-electron chi connectivity index (χ2n) is 6.81. The van der Waals surface area contributed by atoms with Crippen LogP contribution < -0.4 is 5.32 Å². The lowest BCUT2D eigenvalue weighted by Crippen LogP contribution is -2.22. The van der Waals surface area contributed by atoms with E-state index in [-0.39, 0.29) is 39.1 Å². The molecule has 2 N–H and O–H groups in total. The summed E-state index contributed by atoms with van der Waals surface area (Å²) in [6, 6.07) is 17.0. The number of carbonyl (C=O) groups excluding carboxylic acids is 1. The molecule has 0 fully saturated rings. The van der Waals surface area contributed by atoms with Crippen molar-refractivity contribution in [2.75, 3.05) is 5.32 Å². The molecular formula is C22H15N3O6S. The molecule has 0 aromatic heterocycles. The molecule has 4 rings (SSSR count). The van der Waals surface area contributed by atoms with Crippen LogP contribution in [0.25, 0.3) is 0 Å². The van der Waals surface area contributed by atoms with Crippen molar-refractivity contribution in [2.45, 2.75) is 4.90 Å². The molecule has 3 aromatic rings. The number of hydrogen-bond donors (Lipinski definition) is 2. The Bertz CT molecular complexity index is 1410. The van der Waals surface area contributed by atoms with Crippen molar-refractivity contribution in [1.82, 2.24) is 0 Å². The van der Waals surface area contributed by atoms with Crippen LogP contribution in [0.4, 0.5) is 11.4 Å². The number of rotatable bonds is 5. The molecule has 0 amide bonds. The normalized spacial score (nSPS) is 14.6. The quantitative estimate of drug-likeness (QED) is 0.344. The highest BCUT2D eigenvalue weighted by Crippen LogP contribution is 2.26. The molecule has 0 saturated carbocycles. The van der Waals surface area contributed by atoms with Crippen molar-refractivity contribution < 1.29 is 23.2 Å². The minimum atomic E-state index is -4.31. The van der Waals surface area contributed by atoms with Gasteiger partial charge < -0.3 is 10.4 Å². The van der Waals surface area contributed by atoms with Crippen molar-refractivity contribution in [3.05, 3.63) is 106 Å². The molecule has 0 atom stereocenters. The molecule has 0 saturated heterocycles. The Morgan fingerprint density at radius 1 is 0.938 bits per heavy atom. The van der Waals surface area contributed by atoms with Gasteiger partial charge in [-0.3, -0.25) is 14.9 Å². The Labute approximate surface area is 182 Å². The zero-order valence-corrected chi connectivity index (χ0v) is 17.1. The molecule has 0 unspecified atom stereocenters. The van der Waals surface area contributed by atoms with Gasteiger partial charge in [0.2, 0.25) is 5.78 Å². The lowest BCUT2D eigenvalue weighted by Gasteiger charge is -2.18. The monoisotopic (exact) mass is 449 g/mol. The average molecular weight is 449 g/mol. The zero-order valence-electron chi connectivity index (χ0n) is 16.3. The smallest absolute Gasteiger partial charge is 0.283 e. The van der Waals surface area contributed by atoms with E-state index in [1.165, 1.54) is 36.4 Å². The molecule has 1 aliphatic rings. The molecule has 9 nitrogen and oxygen atoms in total. The Kier molecular flexibility index (Phi) is 5.29. The number of hydrogen-bond acceptors (Lipinski definition) is 7. The number of nitrogens with one attached hydrogen (secondary N) is 1. The summed E-state index contributed by atoms with van der Waals surface area (Å²) in [6.45, 7) is 0. The van der Waals surface area contributed by atoms with Crippen molar-refractivity contribution in [1.29, 1.82) is 0 Å². The third-order valence-corrected chi connectivity index (χ3v) is 5.95. The lowest BCUT2D eigenvalue weighted by molar-refractivity contribution is -0.385. The van der Waals surface area contributed by atoms with Gasteiger partial charge in [0.05, 0.1) is 21.2 Å². The summed E-state index contributed by atoms with van der Waals surface area (Å²) in [5, 5.41) is 23.4. The first kappa shape index (κ1) is 20.9. The number of carbonyl (C=O) groups is 1. The van der Waals surface area contributed by atoms with Crippen LogP contribution >= 0.6 is 0 Å². The number of allylic oxidation sites excluding steroid dienone is 2. The van der Waals surface area contributed by atoms with Crippen LogP contribution in [-0.4, -0.2) is 29.9 Å². The van der Waals surface area contributed by atoms with Crippen LogP contribution in [-0.2, 0) is 10.0 Å². The van der Waals surface area contributed by atoms with E-state index >= 15 is 0 Å². The van der Waals surface area contributed by atoms with Gasteiger partial charge in [-0.2, -0.15) is 12.8 Å². The van der Waals surface area contributed by atoms with Crippen LogP contribution in [0.2, 0.25) is 0 Å². The predicted molar refractivity (Wildman–Crippen MR) is 117 cm³/mol. The van der Waals surface area contributed by atoms with E-state index < -0.39 is 14.9 Å². The molecule has 0 bridgehead atoms. The fourth-order valence-corrected chi connectivity index (χ4v) is 4.17. The number of benzene rings is 3. The maximum Gasteiger partial charge on any atom is 0.283 e. The van der Waals surface area contributed by atoms with Gasteiger partial charge in [-0.1, -0.05) is 30.3 Å². The first-order valence-corrected chi connectivity index (χ1v) is 10.7. The van der Waals surface area contributed by atoms with Gasteiger partial charge in [0.25, 0.3) is 15.7 Å². The van der Waals surface area contributed by atoms with Gasteiger partial charge in [-0.05, 0) is 36.4 Å². The summed E-state index contributed by atoms with van der Waals surface area (Å²) in [4.78, 5) is 22.9. The fraction of sp³-hybridized carbons (Fsp3) is 0. The number of fused-ring (bicyclic) bond motifs is 1. The molecule has 0 radical (unpaired) electrons. The minimum Gasteiger partial charge on any atom is -0.508 e. The molecular weight excluding hydrogens is 434 g/mol. The number of non-ortho nitro benzene ring substituents is 1. The summed E-state index contributed by atoms with van der Waals surface area (Å²) in [7, 11) is -4.31. The zero-order chi connectivity index (χ0) is 22.9. The second-order valence-corrected chi connectivity index (χ2v) is 8.41. The first-order chi connectivity index (χ1) is 15.2. The minimum absolute atomic E-state index is 0.00739. The predicted octanol–water partition coefficient (Wildman–Crippen LogP) is 3.67. The van der Waals surface area contributed by atoms with Gasteiger partial charge in [0.1, 0.15) is 5.75 Å². The summed E-state index contributed by atoms with van der Waals surface area (Å²) >= 11 is 0. The Morgan fingerprint density at radius 2 is 1.62 bits per heavy atom. The number of phenolic OH excluding ortho intramolecular Hbond substituents is 1. The third kappa shape index (κ3) is 4.12. The van der Waals surface area contributed by atoms with E-state index in [2.05, 4.69) is 9.71 Å². The highest BCUT2D eigenvalue weighted by atomic mass is 32.2. The van der Waals surface area contributed by atoms with Gasteiger partial charge in [-0.15, -0.1) is 0 Å². The topological polar surface area (TPSA) is 139 Å². The van der Waals surface area contributed by atoms with E-state index in [0.29, 0.717) is 11.3 Å². The largest absolute Gasteiger partial charge is 0.508 e. The summed E-state index contributed by atoms with van der Waals surface area (Å²) in [5.41, 5.74) is 0.792. The number of nitro benzene ring substituents is 1. The number of phenols is 1. The van der Waals surface area contributed by atoms with Crippen LogP contribution in [0.3, 0.4) is 0 Å². The molecule has 0 aliphatic heterocycles. The molecule has 0 spiro atoms. The van der Waals surface area contributed by atoms with E-state index in [0.717, 1.165) is 6.07 Å². The number of aromatic hydroxyl groups is 1. The highest BCUT2D eigenvalue weighted by molar-refractivity contribution is 7.90. The molecule has 160 valence electrons. The highest BCUT2D eigenvalue weighted by Gasteiger charge is 2.26. The summed E-state index contributed by atoms with van der Waals surface area (Å²) in [5.74, 6) is -0.310. The molecule has 32 heavy (non-hydrogen) atoms. The summed E-state index contributed by atoms with van der Waals surface area (Å²) in [6.07, 6.45) is 1.31. The number of nitrogens with zero attached hydrogens (tertiary/aromatic N) is 2.